The topological polar surface area (TPSA) is 71.3 Å². The molecule has 1 aromatic carbocycles. The van der Waals surface area contributed by atoms with Gasteiger partial charge in [-0.25, -0.2) is 4.79 Å². The van der Waals surface area contributed by atoms with Gasteiger partial charge in [-0.2, -0.15) is 0 Å². The second kappa shape index (κ2) is 5.71. The monoisotopic (exact) mass is 322 g/mol. The number of nitrogens with zero attached hydrogens (tertiary/aromatic N) is 1. The number of benzene rings is 1. The maximum Gasteiger partial charge on any atom is 0.352 e. The quantitative estimate of drug-likeness (QED) is 0.908. The third kappa shape index (κ3) is 3.45. The molecule has 2 N–H and O–H groups in total. The molecule has 6 heteroatoms. The minimum atomic E-state index is -1.06. The number of aromatic nitrogens is 1. The van der Waals surface area contributed by atoms with Crippen molar-refractivity contribution in [3.05, 3.63) is 52.8 Å². The SMILES string of the molecule is O=C(Cn1cccc1C(=O)O)Nc1cccc(Br)c1. The van der Waals surface area contributed by atoms with Crippen molar-refractivity contribution in [3.8, 4) is 0 Å². The van der Waals surface area contributed by atoms with Crippen LogP contribution in [-0.2, 0) is 11.3 Å². The molecule has 1 amide bonds. The lowest BCUT2D eigenvalue weighted by Crippen LogP contribution is -2.20. The molecule has 0 radical (unpaired) electrons. The molecule has 2 aromatic rings. The zero-order valence-electron chi connectivity index (χ0n) is 9.84. The lowest BCUT2D eigenvalue weighted by molar-refractivity contribution is -0.116. The molecule has 98 valence electrons. The molecule has 5 nitrogen and oxygen atoms in total. The predicted molar refractivity (Wildman–Crippen MR) is 74.2 cm³/mol. The maximum absolute atomic E-state index is 11.8. The van der Waals surface area contributed by atoms with Gasteiger partial charge >= 0.3 is 5.97 Å². The lowest BCUT2D eigenvalue weighted by atomic mass is 10.3. The van der Waals surface area contributed by atoms with E-state index >= 15 is 0 Å². The number of rotatable bonds is 4. The minimum absolute atomic E-state index is 0.0405. The van der Waals surface area contributed by atoms with E-state index in [9.17, 15) is 9.59 Å². The molecule has 0 aliphatic heterocycles. The summed E-state index contributed by atoms with van der Waals surface area (Å²) in [6.07, 6.45) is 1.56. The number of hydrogen-bond acceptors (Lipinski definition) is 2. The number of hydrogen-bond donors (Lipinski definition) is 2. The fourth-order valence-corrected chi connectivity index (χ4v) is 2.07. The Kier molecular flexibility index (Phi) is 4.01. The summed E-state index contributed by atoms with van der Waals surface area (Å²) in [5.74, 6) is -1.34. The Morgan fingerprint density at radius 1 is 1.26 bits per heavy atom. The van der Waals surface area contributed by atoms with E-state index in [4.69, 9.17) is 5.11 Å². The van der Waals surface area contributed by atoms with Gasteiger partial charge in [0.2, 0.25) is 5.91 Å². The summed E-state index contributed by atoms with van der Waals surface area (Å²) in [5.41, 5.74) is 0.743. The van der Waals surface area contributed by atoms with Gasteiger partial charge in [0.05, 0.1) is 0 Å². The van der Waals surface area contributed by atoms with Crippen LogP contribution in [0.2, 0.25) is 0 Å². The second-order valence-electron chi connectivity index (χ2n) is 3.89. The Balaban J connectivity index is 2.05. The first-order valence-corrected chi connectivity index (χ1v) is 6.29. The smallest absolute Gasteiger partial charge is 0.352 e. The Bertz CT molecular complexity index is 622. The van der Waals surface area contributed by atoms with Crippen LogP contribution in [0.4, 0.5) is 5.69 Å². The van der Waals surface area contributed by atoms with E-state index in [0.29, 0.717) is 5.69 Å². The van der Waals surface area contributed by atoms with Crippen LogP contribution in [0.1, 0.15) is 10.5 Å². The van der Waals surface area contributed by atoms with E-state index < -0.39 is 5.97 Å². The van der Waals surface area contributed by atoms with Crippen molar-refractivity contribution in [1.29, 1.82) is 0 Å². The number of amides is 1. The number of nitrogens with one attached hydrogen (secondary N) is 1. The van der Waals surface area contributed by atoms with Gasteiger partial charge in [-0.15, -0.1) is 0 Å². The summed E-state index contributed by atoms with van der Waals surface area (Å²) >= 11 is 3.31. The zero-order chi connectivity index (χ0) is 13.8. The van der Waals surface area contributed by atoms with Crippen LogP contribution in [-0.4, -0.2) is 21.6 Å². The zero-order valence-corrected chi connectivity index (χ0v) is 11.4. The van der Waals surface area contributed by atoms with Crippen LogP contribution in [0.5, 0.6) is 0 Å². The van der Waals surface area contributed by atoms with Crippen molar-refractivity contribution < 1.29 is 14.7 Å². The predicted octanol–water partition coefficient (Wildman–Crippen LogP) is 2.59. The van der Waals surface area contributed by atoms with Gasteiger partial charge in [0.15, 0.2) is 0 Å². The largest absolute Gasteiger partial charge is 0.477 e. The van der Waals surface area contributed by atoms with Crippen molar-refractivity contribution >= 4 is 33.5 Å². The van der Waals surface area contributed by atoms with Crippen LogP contribution < -0.4 is 5.32 Å². The molecule has 0 saturated heterocycles. The van der Waals surface area contributed by atoms with E-state index in [1.165, 1.54) is 10.6 Å². The summed E-state index contributed by atoms with van der Waals surface area (Å²) in [7, 11) is 0. The Labute approximate surface area is 118 Å². The molecular weight excluding hydrogens is 312 g/mol. The third-order valence-electron chi connectivity index (χ3n) is 2.47. The van der Waals surface area contributed by atoms with Crippen LogP contribution in [0.25, 0.3) is 0 Å². The second-order valence-corrected chi connectivity index (χ2v) is 4.80. The summed E-state index contributed by atoms with van der Waals surface area (Å²) in [5, 5.41) is 11.6. The van der Waals surface area contributed by atoms with Gasteiger partial charge in [0.25, 0.3) is 0 Å². The summed E-state index contributed by atoms with van der Waals surface area (Å²) in [6, 6.07) is 10.2. The number of aromatic carboxylic acids is 1. The molecule has 0 aliphatic carbocycles. The molecule has 2 rings (SSSR count). The average Bonchev–Trinajstić information content (AvgIpc) is 2.76. The maximum atomic E-state index is 11.8. The van der Waals surface area contributed by atoms with Crippen LogP contribution in [0, 0.1) is 0 Å². The molecule has 1 heterocycles. The molecule has 0 aliphatic rings. The van der Waals surface area contributed by atoms with Gasteiger partial charge in [0.1, 0.15) is 12.2 Å². The van der Waals surface area contributed by atoms with Crippen molar-refractivity contribution in [3.63, 3.8) is 0 Å². The molecule has 0 unspecified atom stereocenters. The first-order chi connectivity index (χ1) is 9.06. The Morgan fingerprint density at radius 2 is 2.05 bits per heavy atom. The number of carboxylic acids is 1. The Morgan fingerprint density at radius 3 is 2.74 bits per heavy atom. The van der Waals surface area contributed by atoms with Crippen LogP contribution >= 0.6 is 15.9 Å². The van der Waals surface area contributed by atoms with Gasteiger partial charge in [0, 0.05) is 16.4 Å². The fourth-order valence-electron chi connectivity index (χ4n) is 1.67. The molecule has 0 atom stereocenters. The first-order valence-electron chi connectivity index (χ1n) is 5.50. The summed E-state index contributed by atoms with van der Waals surface area (Å²) in [4.78, 5) is 22.7. The van der Waals surface area contributed by atoms with E-state index in [1.54, 1.807) is 30.5 Å². The molecule has 0 bridgehead atoms. The standard InChI is InChI=1S/C13H11BrN2O3/c14-9-3-1-4-10(7-9)15-12(17)8-16-6-2-5-11(16)13(18)19/h1-7H,8H2,(H,15,17)(H,18,19). The normalized spacial score (nSPS) is 10.2. The van der Waals surface area contributed by atoms with Gasteiger partial charge < -0.3 is 15.0 Å². The molecule has 0 fully saturated rings. The highest BCUT2D eigenvalue weighted by molar-refractivity contribution is 9.10. The van der Waals surface area contributed by atoms with Gasteiger partial charge in [-0.05, 0) is 30.3 Å². The van der Waals surface area contributed by atoms with Crippen LogP contribution in [0.3, 0.4) is 0 Å². The summed E-state index contributed by atoms with van der Waals surface area (Å²) < 4.78 is 2.24. The molecule has 0 spiro atoms. The minimum Gasteiger partial charge on any atom is -0.477 e. The number of halogens is 1. The van der Waals surface area contributed by atoms with E-state index in [-0.39, 0.29) is 18.1 Å². The van der Waals surface area contributed by atoms with E-state index in [0.717, 1.165) is 4.47 Å². The van der Waals surface area contributed by atoms with Crippen molar-refractivity contribution in [1.82, 2.24) is 4.57 Å². The number of anilines is 1. The molecule has 0 saturated carbocycles. The highest BCUT2D eigenvalue weighted by Gasteiger charge is 2.11. The molecule has 19 heavy (non-hydrogen) atoms. The number of carbonyl (C=O) groups is 2. The van der Waals surface area contributed by atoms with E-state index in [1.807, 2.05) is 6.07 Å². The van der Waals surface area contributed by atoms with Gasteiger partial charge in [-0.3, -0.25) is 4.79 Å². The fraction of sp³-hybridized carbons (Fsp3) is 0.0769. The average molecular weight is 323 g/mol. The van der Waals surface area contributed by atoms with Crippen LogP contribution in [0.15, 0.2) is 47.1 Å². The van der Waals surface area contributed by atoms with Gasteiger partial charge in [-0.1, -0.05) is 22.0 Å². The van der Waals surface area contributed by atoms with E-state index in [2.05, 4.69) is 21.2 Å². The highest BCUT2D eigenvalue weighted by Crippen LogP contribution is 2.15. The highest BCUT2D eigenvalue weighted by atomic mass is 79.9. The van der Waals surface area contributed by atoms with Crippen molar-refractivity contribution in [2.45, 2.75) is 6.54 Å². The lowest BCUT2D eigenvalue weighted by Gasteiger charge is -2.08. The summed E-state index contributed by atoms with van der Waals surface area (Å²) in [6.45, 7) is -0.0405. The Hall–Kier alpha value is -2.08. The van der Waals surface area contributed by atoms with Crippen molar-refractivity contribution in [2.24, 2.45) is 0 Å². The number of carboxylic acid groups (broad SMARTS) is 1. The number of carbonyl (C=O) groups excluding carboxylic acids is 1. The van der Waals surface area contributed by atoms with Crippen molar-refractivity contribution in [2.75, 3.05) is 5.32 Å². The molecular formula is C13H11BrN2O3. The third-order valence-corrected chi connectivity index (χ3v) is 2.96. The molecule has 1 aromatic heterocycles. The first kappa shape index (κ1) is 13.4.